The molecule has 20 heavy (non-hydrogen) atoms. The zero-order valence-corrected chi connectivity index (χ0v) is 13.7. The van der Waals surface area contributed by atoms with Gasteiger partial charge in [-0.1, -0.05) is 31.9 Å². The van der Waals surface area contributed by atoms with Crippen molar-refractivity contribution in [2.45, 2.75) is 83.7 Å². The predicted molar refractivity (Wildman–Crippen MR) is 86.9 cm³/mol. The molecule has 116 valence electrons. The molecule has 0 bridgehead atoms. The van der Waals surface area contributed by atoms with Crippen LogP contribution in [0.2, 0.25) is 0 Å². The van der Waals surface area contributed by atoms with Gasteiger partial charge in [-0.05, 0) is 75.5 Å². The highest BCUT2D eigenvalue weighted by molar-refractivity contribution is 4.85. The Labute approximate surface area is 126 Å². The van der Waals surface area contributed by atoms with Gasteiger partial charge < -0.3 is 4.74 Å². The first-order valence-corrected chi connectivity index (χ1v) is 9.01. The summed E-state index contributed by atoms with van der Waals surface area (Å²) in [5.74, 6) is 3.07. The smallest absolute Gasteiger partial charge is 0.0571 e. The average molecular weight is 278 g/mol. The van der Waals surface area contributed by atoms with Crippen LogP contribution in [0.15, 0.2) is 12.2 Å². The van der Waals surface area contributed by atoms with Gasteiger partial charge in [-0.2, -0.15) is 0 Å². The lowest BCUT2D eigenvalue weighted by molar-refractivity contribution is 0.0392. The quantitative estimate of drug-likeness (QED) is 0.562. The molecule has 2 fully saturated rings. The van der Waals surface area contributed by atoms with Crippen molar-refractivity contribution in [2.75, 3.05) is 7.11 Å². The highest BCUT2D eigenvalue weighted by Gasteiger charge is 2.30. The summed E-state index contributed by atoms with van der Waals surface area (Å²) in [5, 5.41) is 0. The molecule has 1 nitrogen and oxygen atoms in total. The molecular formula is C19H34O. The van der Waals surface area contributed by atoms with Crippen LogP contribution >= 0.6 is 0 Å². The molecule has 0 radical (unpaired) electrons. The Kier molecular flexibility index (Phi) is 7.13. The van der Waals surface area contributed by atoms with Gasteiger partial charge >= 0.3 is 0 Å². The second-order valence-corrected chi connectivity index (χ2v) is 7.01. The van der Waals surface area contributed by atoms with Crippen molar-refractivity contribution in [1.82, 2.24) is 0 Å². The third-order valence-electron chi connectivity index (χ3n) is 5.75. The van der Waals surface area contributed by atoms with E-state index in [-0.39, 0.29) is 0 Å². The van der Waals surface area contributed by atoms with Gasteiger partial charge in [0.1, 0.15) is 0 Å². The van der Waals surface area contributed by atoms with Gasteiger partial charge in [0.2, 0.25) is 0 Å². The fourth-order valence-electron chi connectivity index (χ4n) is 4.36. The molecule has 0 aliphatic heterocycles. The Morgan fingerprint density at radius 3 is 2.00 bits per heavy atom. The minimum atomic E-state index is 0.563. The standard InChI is InChI=1S/C19H34O/c1-3-4-5-6-7-16-8-10-17(11-9-16)18-12-14-19(20-2)15-13-18/h4-5,16-19H,3,6-15H2,1-2H3/b5-4+. The first-order chi connectivity index (χ1) is 9.83. The Balaban J connectivity index is 1.63. The average Bonchev–Trinajstić information content (AvgIpc) is 2.52. The molecule has 2 rings (SSSR count). The van der Waals surface area contributed by atoms with Gasteiger partial charge in [0.05, 0.1) is 6.10 Å². The highest BCUT2D eigenvalue weighted by Crippen LogP contribution is 2.41. The van der Waals surface area contributed by atoms with Crippen LogP contribution in [0.4, 0.5) is 0 Å². The Hall–Kier alpha value is -0.300. The van der Waals surface area contributed by atoms with Crippen LogP contribution in [0.25, 0.3) is 0 Å². The van der Waals surface area contributed by atoms with Crippen molar-refractivity contribution >= 4 is 0 Å². The molecule has 0 amide bonds. The Bertz CT molecular complexity index is 267. The maximum absolute atomic E-state index is 5.50. The summed E-state index contributed by atoms with van der Waals surface area (Å²) in [4.78, 5) is 0. The molecule has 2 saturated carbocycles. The summed E-state index contributed by atoms with van der Waals surface area (Å²) in [6.45, 7) is 2.22. The van der Waals surface area contributed by atoms with Crippen LogP contribution in [0.5, 0.6) is 0 Å². The van der Waals surface area contributed by atoms with Crippen LogP contribution < -0.4 is 0 Å². The van der Waals surface area contributed by atoms with E-state index in [1.54, 1.807) is 0 Å². The van der Waals surface area contributed by atoms with E-state index in [4.69, 9.17) is 4.74 Å². The minimum Gasteiger partial charge on any atom is -0.381 e. The molecule has 0 heterocycles. The van der Waals surface area contributed by atoms with Crippen molar-refractivity contribution in [3.63, 3.8) is 0 Å². The third kappa shape index (κ3) is 4.91. The summed E-state index contributed by atoms with van der Waals surface area (Å²) in [5.41, 5.74) is 0. The van der Waals surface area contributed by atoms with Crippen molar-refractivity contribution in [3.05, 3.63) is 12.2 Å². The first kappa shape index (κ1) is 16.1. The van der Waals surface area contributed by atoms with E-state index in [0.717, 1.165) is 17.8 Å². The lowest BCUT2D eigenvalue weighted by Gasteiger charge is -2.37. The van der Waals surface area contributed by atoms with E-state index in [9.17, 15) is 0 Å². The predicted octanol–water partition coefficient (Wildman–Crippen LogP) is 5.74. The minimum absolute atomic E-state index is 0.563. The highest BCUT2D eigenvalue weighted by atomic mass is 16.5. The van der Waals surface area contributed by atoms with Crippen LogP contribution in [-0.2, 0) is 4.74 Å². The van der Waals surface area contributed by atoms with Crippen molar-refractivity contribution in [3.8, 4) is 0 Å². The number of ether oxygens (including phenoxy) is 1. The van der Waals surface area contributed by atoms with E-state index in [0.29, 0.717) is 6.10 Å². The Morgan fingerprint density at radius 1 is 0.850 bits per heavy atom. The summed E-state index contributed by atoms with van der Waals surface area (Å²) in [6.07, 6.45) is 20.7. The van der Waals surface area contributed by atoms with Gasteiger partial charge in [0.15, 0.2) is 0 Å². The van der Waals surface area contributed by atoms with Crippen molar-refractivity contribution in [2.24, 2.45) is 17.8 Å². The molecule has 0 aromatic carbocycles. The fraction of sp³-hybridized carbons (Fsp3) is 0.895. The van der Waals surface area contributed by atoms with Crippen molar-refractivity contribution in [1.29, 1.82) is 0 Å². The van der Waals surface area contributed by atoms with Crippen LogP contribution in [-0.4, -0.2) is 13.2 Å². The second kappa shape index (κ2) is 8.87. The van der Waals surface area contributed by atoms with Gasteiger partial charge in [-0.15, -0.1) is 0 Å². The molecular weight excluding hydrogens is 244 g/mol. The molecule has 0 N–H and O–H groups in total. The summed E-state index contributed by atoms with van der Waals surface area (Å²) in [7, 11) is 1.88. The first-order valence-electron chi connectivity index (χ1n) is 9.01. The third-order valence-corrected chi connectivity index (χ3v) is 5.75. The molecule has 0 aromatic heterocycles. The topological polar surface area (TPSA) is 9.23 Å². The monoisotopic (exact) mass is 278 g/mol. The summed E-state index contributed by atoms with van der Waals surface area (Å²) >= 11 is 0. The zero-order chi connectivity index (χ0) is 14.2. The normalized spacial score (nSPS) is 35.5. The van der Waals surface area contributed by atoms with Crippen LogP contribution in [0.1, 0.15) is 77.6 Å². The summed E-state index contributed by atoms with van der Waals surface area (Å²) in [6, 6.07) is 0. The molecule has 0 aromatic rings. The fourth-order valence-corrected chi connectivity index (χ4v) is 4.36. The van der Waals surface area contributed by atoms with E-state index in [2.05, 4.69) is 19.1 Å². The van der Waals surface area contributed by atoms with Gasteiger partial charge in [0.25, 0.3) is 0 Å². The molecule has 0 spiro atoms. The zero-order valence-electron chi connectivity index (χ0n) is 13.7. The molecule has 1 heteroatoms. The van der Waals surface area contributed by atoms with E-state index < -0.39 is 0 Å². The van der Waals surface area contributed by atoms with Crippen molar-refractivity contribution < 1.29 is 4.74 Å². The van der Waals surface area contributed by atoms with Gasteiger partial charge in [-0.3, -0.25) is 0 Å². The van der Waals surface area contributed by atoms with Crippen LogP contribution in [0.3, 0.4) is 0 Å². The van der Waals surface area contributed by atoms with E-state index in [1.807, 2.05) is 7.11 Å². The number of allylic oxidation sites excluding steroid dienone is 2. The molecule has 0 saturated heterocycles. The maximum atomic E-state index is 5.50. The van der Waals surface area contributed by atoms with Gasteiger partial charge in [-0.25, -0.2) is 0 Å². The maximum Gasteiger partial charge on any atom is 0.0571 e. The van der Waals surface area contributed by atoms with Crippen LogP contribution in [0, 0.1) is 17.8 Å². The largest absolute Gasteiger partial charge is 0.381 e. The molecule has 2 aliphatic rings. The van der Waals surface area contributed by atoms with Gasteiger partial charge in [0, 0.05) is 7.11 Å². The second-order valence-electron chi connectivity index (χ2n) is 7.01. The lowest BCUT2D eigenvalue weighted by atomic mass is 9.70. The number of hydrogen-bond donors (Lipinski definition) is 0. The molecule has 0 atom stereocenters. The number of methoxy groups -OCH3 is 1. The van der Waals surface area contributed by atoms with E-state index >= 15 is 0 Å². The molecule has 0 unspecified atom stereocenters. The summed E-state index contributed by atoms with van der Waals surface area (Å²) < 4.78 is 5.50. The SMILES string of the molecule is CC/C=C/CCC1CCC(C2CCC(OC)CC2)CC1. The van der Waals surface area contributed by atoms with E-state index in [1.165, 1.54) is 70.6 Å². The Morgan fingerprint density at radius 2 is 1.45 bits per heavy atom. The lowest BCUT2D eigenvalue weighted by Crippen LogP contribution is -2.28. The number of rotatable bonds is 6. The number of hydrogen-bond acceptors (Lipinski definition) is 1. The molecule has 2 aliphatic carbocycles.